The van der Waals surface area contributed by atoms with Crippen LogP contribution in [0.25, 0.3) is 0 Å². The first kappa shape index (κ1) is 18.0. The van der Waals surface area contributed by atoms with E-state index in [1.807, 2.05) is 0 Å². The van der Waals surface area contributed by atoms with Gasteiger partial charge in [0.15, 0.2) is 6.61 Å². The Morgan fingerprint density at radius 3 is 2.58 bits per heavy atom. The van der Waals surface area contributed by atoms with E-state index in [0.717, 1.165) is 25.0 Å². The summed E-state index contributed by atoms with van der Waals surface area (Å²) in [6.45, 7) is 0.968. The Labute approximate surface area is 147 Å². The number of carbonyl (C=O) groups is 2. The molecule has 1 aliphatic heterocycles. The number of aromatic amines is 1. The van der Waals surface area contributed by atoms with E-state index in [9.17, 15) is 22.8 Å². The first-order valence-electron chi connectivity index (χ1n) is 8.15. The number of alkyl halides is 3. The third kappa shape index (κ3) is 4.07. The Hall–Kier alpha value is -2.77. The summed E-state index contributed by atoms with van der Waals surface area (Å²) in [6.07, 6.45) is -1.15. The highest BCUT2D eigenvalue weighted by molar-refractivity contribution is 6.01. The highest BCUT2D eigenvalue weighted by Crippen LogP contribution is 2.31. The lowest BCUT2D eigenvalue weighted by Crippen LogP contribution is -2.27. The lowest BCUT2D eigenvalue weighted by molar-refractivity contribution is -0.137. The van der Waals surface area contributed by atoms with Gasteiger partial charge in [-0.25, -0.2) is 0 Å². The monoisotopic (exact) mass is 366 g/mol. The second-order valence-corrected chi connectivity index (χ2v) is 6.04. The third-order valence-corrected chi connectivity index (χ3v) is 4.16. The van der Waals surface area contributed by atoms with Crippen molar-refractivity contribution in [2.75, 3.05) is 19.7 Å². The van der Waals surface area contributed by atoms with E-state index in [2.05, 4.69) is 4.98 Å². The Bertz CT molecular complexity index is 808. The van der Waals surface area contributed by atoms with Crippen LogP contribution in [0.3, 0.4) is 0 Å². The highest BCUT2D eigenvalue weighted by Gasteiger charge is 2.30. The van der Waals surface area contributed by atoms with E-state index in [0.29, 0.717) is 18.8 Å². The maximum Gasteiger partial charge on any atom is 0.416 e. The minimum atomic E-state index is -4.48. The topological polar surface area (TPSA) is 62.4 Å². The number of rotatable bonds is 5. The van der Waals surface area contributed by atoms with Crippen molar-refractivity contribution in [3.05, 3.63) is 53.3 Å². The SMILES string of the molecule is O=C(COc1cccc(C(F)(F)F)c1)c1c[nH]c(C(=O)N2CCCC2)c1. The molecule has 1 N–H and O–H groups in total. The summed E-state index contributed by atoms with van der Waals surface area (Å²) in [6, 6.07) is 5.77. The van der Waals surface area contributed by atoms with Gasteiger partial charge in [-0.3, -0.25) is 9.59 Å². The Kier molecular flexibility index (Phi) is 5.01. The lowest BCUT2D eigenvalue weighted by atomic mass is 10.2. The Morgan fingerprint density at radius 2 is 1.88 bits per heavy atom. The van der Waals surface area contributed by atoms with Crippen LogP contribution in [-0.4, -0.2) is 41.3 Å². The molecule has 2 aromatic rings. The van der Waals surface area contributed by atoms with E-state index in [1.165, 1.54) is 24.4 Å². The van der Waals surface area contributed by atoms with Crippen LogP contribution in [0.2, 0.25) is 0 Å². The maximum atomic E-state index is 12.7. The smallest absolute Gasteiger partial charge is 0.416 e. The van der Waals surface area contributed by atoms with Gasteiger partial charge in [0.25, 0.3) is 5.91 Å². The van der Waals surface area contributed by atoms with Crippen molar-refractivity contribution in [1.29, 1.82) is 0 Å². The number of carbonyl (C=O) groups excluding carboxylic acids is 2. The van der Waals surface area contributed by atoms with Crippen LogP contribution in [0.15, 0.2) is 36.5 Å². The first-order valence-corrected chi connectivity index (χ1v) is 8.15. The van der Waals surface area contributed by atoms with E-state index in [4.69, 9.17) is 4.74 Å². The molecular formula is C18H17F3N2O3. The van der Waals surface area contributed by atoms with Crippen molar-refractivity contribution in [2.45, 2.75) is 19.0 Å². The van der Waals surface area contributed by atoms with Crippen LogP contribution < -0.4 is 4.74 Å². The average molecular weight is 366 g/mol. The van der Waals surface area contributed by atoms with Crippen LogP contribution in [-0.2, 0) is 6.18 Å². The van der Waals surface area contributed by atoms with Gasteiger partial charge in [0, 0.05) is 24.8 Å². The molecular weight excluding hydrogens is 349 g/mol. The first-order chi connectivity index (χ1) is 12.3. The van der Waals surface area contributed by atoms with Gasteiger partial charge >= 0.3 is 6.18 Å². The summed E-state index contributed by atoms with van der Waals surface area (Å²) >= 11 is 0. The Morgan fingerprint density at radius 1 is 1.15 bits per heavy atom. The Balaban J connectivity index is 1.61. The molecule has 5 nitrogen and oxygen atoms in total. The van der Waals surface area contributed by atoms with Gasteiger partial charge in [-0.15, -0.1) is 0 Å². The third-order valence-electron chi connectivity index (χ3n) is 4.16. The molecule has 2 heterocycles. The highest BCUT2D eigenvalue weighted by atomic mass is 19.4. The maximum absolute atomic E-state index is 12.7. The van der Waals surface area contributed by atoms with Gasteiger partial charge < -0.3 is 14.6 Å². The lowest BCUT2D eigenvalue weighted by Gasteiger charge is -2.13. The van der Waals surface area contributed by atoms with Crippen molar-refractivity contribution in [3.8, 4) is 5.75 Å². The number of hydrogen-bond donors (Lipinski definition) is 1. The second kappa shape index (κ2) is 7.23. The molecule has 0 atom stereocenters. The van der Waals surface area contributed by atoms with Gasteiger partial charge in [-0.2, -0.15) is 13.2 Å². The molecule has 0 saturated carbocycles. The molecule has 1 aromatic carbocycles. The fourth-order valence-electron chi connectivity index (χ4n) is 2.76. The number of halogens is 3. The molecule has 1 saturated heterocycles. The van der Waals surface area contributed by atoms with E-state index < -0.39 is 24.1 Å². The number of aromatic nitrogens is 1. The minimum absolute atomic E-state index is 0.0444. The summed E-state index contributed by atoms with van der Waals surface area (Å²) in [4.78, 5) is 28.9. The van der Waals surface area contributed by atoms with Crippen molar-refractivity contribution in [3.63, 3.8) is 0 Å². The van der Waals surface area contributed by atoms with Gasteiger partial charge in [0.2, 0.25) is 5.78 Å². The minimum Gasteiger partial charge on any atom is -0.485 e. The van der Waals surface area contributed by atoms with Crippen LogP contribution >= 0.6 is 0 Å². The standard InChI is InChI=1S/C18H17F3N2O3/c19-18(20,21)13-4-3-5-14(9-13)26-11-16(24)12-8-15(22-10-12)17(25)23-6-1-2-7-23/h3-5,8-10,22H,1-2,6-7,11H2. The summed E-state index contributed by atoms with van der Waals surface area (Å²) in [5, 5.41) is 0. The number of ketones is 1. The molecule has 1 aromatic heterocycles. The zero-order valence-corrected chi connectivity index (χ0v) is 13.8. The van der Waals surface area contributed by atoms with Crippen molar-refractivity contribution < 1.29 is 27.5 Å². The summed E-state index contributed by atoms with van der Waals surface area (Å²) in [5.41, 5.74) is -0.281. The number of ether oxygens (including phenoxy) is 1. The molecule has 0 bridgehead atoms. The van der Waals surface area contributed by atoms with Crippen LogP contribution in [0.1, 0.15) is 39.3 Å². The van der Waals surface area contributed by atoms with Crippen molar-refractivity contribution in [2.24, 2.45) is 0 Å². The zero-order chi connectivity index (χ0) is 18.7. The number of amides is 1. The van der Waals surface area contributed by atoms with Crippen LogP contribution in [0.5, 0.6) is 5.75 Å². The molecule has 0 unspecified atom stereocenters. The molecule has 1 fully saturated rings. The average Bonchev–Trinajstić information content (AvgIpc) is 3.30. The van der Waals surface area contributed by atoms with Gasteiger partial charge in [0.05, 0.1) is 5.56 Å². The predicted octanol–water partition coefficient (Wildman–Crippen LogP) is 3.53. The molecule has 138 valence electrons. The normalized spacial score (nSPS) is 14.5. The molecule has 0 aliphatic carbocycles. The number of nitrogens with zero attached hydrogens (tertiary/aromatic N) is 1. The van der Waals surface area contributed by atoms with Crippen LogP contribution in [0, 0.1) is 0 Å². The summed E-state index contributed by atoms with van der Waals surface area (Å²) in [5.74, 6) is -0.642. The predicted molar refractivity (Wildman–Crippen MR) is 87.2 cm³/mol. The second-order valence-electron chi connectivity index (χ2n) is 6.04. The molecule has 1 aliphatic rings. The number of likely N-dealkylation sites (tertiary alicyclic amines) is 1. The van der Waals surface area contributed by atoms with E-state index >= 15 is 0 Å². The quantitative estimate of drug-likeness (QED) is 0.824. The molecule has 0 radical (unpaired) electrons. The number of benzene rings is 1. The number of nitrogens with one attached hydrogen (secondary N) is 1. The van der Waals surface area contributed by atoms with Crippen LogP contribution in [0.4, 0.5) is 13.2 Å². The number of H-pyrrole nitrogens is 1. The number of hydrogen-bond acceptors (Lipinski definition) is 3. The van der Waals surface area contributed by atoms with E-state index in [-0.39, 0.29) is 17.2 Å². The zero-order valence-electron chi connectivity index (χ0n) is 13.8. The molecule has 26 heavy (non-hydrogen) atoms. The molecule has 3 rings (SSSR count). The number of Topliss-reactive ketones (excluding diaryl/α,β-unsaturated/α-hetero) is 1. The van der Waals surface area contributed by atoms with Gasteiger partial charge in [-0.1, -0.05) is 6.07 Å². The summed E-state index contributed by atoms with van der Waals surface area (Å²) in [7, 11) is 0. The van der Waals surface area contributed by atoms with Crippen molar-refractivity contribution >= 4 is 11.7 Å². The largest absolute Gasteiger partial charge is 0.485 e. The summed E-state index contributed by atoms with van der Waals surface area (Å²) < 4.78 is 43.2. The van der Waals surface area contributed by atoms with Crippen molar-refractivity contribution in [1.82, 2.24) is 9.88 Å². The fraction of sp³-hybridized carbons (Fsp3) is 0.333. The molecule has 0 spiro atoms. The molecule has 1 amide bonds. The fourth-order valence-corrected chi connectivity index (χ4v) is 2.76. The van der Waals surface area contributed by atoms with E-state index in [1.54, 1.807) is 4.90 Å². The molecule has 8 heteroatoms. The van der Waals surface area contributed by atoms with Gasteiger partial charge in [-0.05, 0) is 37.1 Å². The van der Waals surface area contributed by atoms with Gasteiger partial charge in [0.1, 0.15) is 11.4 Å².